The lowest BCUT2D eigenvalue weighted by Crippen LogP contribution is -2.46. The van der Waals surface area contributed by atoms with E-state index in [9.17, 15) is 4.79 Å². The molecule has 7 heteroatoms. The summed E-state index contributed by atoms with van der Waals surface area (Å²) in [4.78, 5) is 17.1. The molecule has 2 rings (SSSR count). The van der Waals surface area contributed by atoms with Crippen molar-refractivity contribution in [3.8, 4) is 0 Å². The van der Waals surface area contributed by atoms with Crippen LogP contribution >= 0.6 is 0 Å². The van der Waals surface area contributed by atoms with Crippen molar-refractivity contribution in [2.75, 3.05) is 26.7 Å². The third-order valence-electron chi connectivity index (χ3n) is 5.40. The molecule has 2 bridgehead atoms. The molecule has 0 spiro atoms. The number of ether oxygens (including phenoxy) is 1. The highest BCUT2D eigenvalue weighted by Gasteiger charge is 2.27. The van der Waals surface area contributed by atoms with Crippen molar-refractivity contribution < 1.29 is 9.53 Å². The van der Waals surface area contributed by atoms with Crippen molar-refractivity contribution in [3.05, 3.63) is 11.9 Å². The third kappa shape index (κ3) is 5.77. The summed E-state index contributed by atoms with van der Waals surface area (Å²) in [6.45, 7) is 12.3. The number of fused-ring (bicyclic) bond motifs is 2. The monoisotopic (exact) mass is 365 g/mol. The molecule has 1 aliphatic heterocycles. The van der Waals surface area contributed by atoms with Crippen LogP contribution in [0.5, 0.6) is 0 Å². The first-order chi connectivity index (χ1) is 12.4. The second-order valence-corrected chi connectivity index (χ2v) is 7.56. The van der Waals surface area contributed by atoms with Crippen molar-refractivity contribution in [3.63, 3.8) is 0 Å². The summed E-state index contributed by atoms with van der Waals surface area (Å²) in [5.74, 6) is 0.478. The van der Waals surface area contributed by atoms with Gasteiger partial charge in [-0.3, -0.25) is 9.48 Å². The van der Waals surface area contributed by atoms with Gasteiger partial charge < -0.3 is 14.5 Å². The maximum atomic E-state index is 12.8. The Balaban J connectivity index is 2.21. The molecular weight excluding hydrogens is 330 g/mol. The minimum absolute atomic E-state index is 0.0465. The zero-order chi connectivity index (χ0) is 19.1. The zero-order valence-corrected chi connectivity index (χ0v) is 17.0. The standard InChI is InChI=1S/C19H35N5O2/c1-6-16(4)24-11-15(3)18(13-22(5)7-2)26-14-17-12-23(21-20-17)10-8-9-19(24)25/h12,15-16,18H,6-11,13-14H2,1-5H3. The van der Waals surface area contributed by atoms with Gasteiger partial charge in [-0.2, -0.15) is 0 Å². The third-order valence-corrected chi connectivity index (χ3v) is 5.40. The molecule has 1 aromatic heterocycles. The van der Waals surface area contributed by atoms with Gasteiger partial charge in [0.1, 0.15) is 5.69 Å². The largest absolute Gasteiger partial charge is 0.370 e. The summed E-state index contributed by atoms with van der Waals surface area (Å²) < 4.78 is 8.05. The van der Waals surface area contributed by atoms with Gasteiger partial charge in [-0.15, -0.1) is 5.10 Å². The maximum Gasteiger partial charge on any atom is 0.222 e. The van der Waals surface area contributed by atoms with Gasteiger partial charge in [0.25, 0.3) is 0 Å². The second-order valence-electron chi connectivity index (χ2n) is 7.56. The van der Waals surface area contributed by atoms with Gasteiger partial charge in [-0.05, 0) is 33.4 Å². The van der Waals surface area contributed by atoms with Crippen LogP contribution in [-0.4, -0.2) is 69.5 Å². The molecule has 0 N–H and O–H groups in total. The Labute approximate surface area is 157 Å². The van der Waals surface area contributed by atoms with Crippen molar-refractivity contribution in [2.45, 2.75) is 72.3 Å². The highest BCUT2D eigenvalue weighted by atomic mass is 16.5. The first kappa shape index (κ1) is 20.8. The average Bonchev–Trinajstić information content (AvgIpc) is 3.09. The number of aryl methyl sites for hydroxylation is 1. The molecule has 3 atom stereocenters. The predicted molar refractivity (Wildman–Crippen MR) is 102 cm³/mol. The van der Waals surface area contributed by atoms with E-state index in [1.807, 2.05) is 10.9 Å². The Morgan fingerprint density at radius 3 is 2.88 bits per heavy atom. The summed E-state index contributed by atoms with van der Waals surface area (Å²) in [5, 5.41) is 8.35. The van der Waals surface area contributed by atoms with Gasteiger partial charge in [-0.1, -0.05) is 26.0 Å². The Morgan fingerprint density at radius 1 is 1.42 bits per heavy atom. The fourth-order valence-corrected chi connectivity index (χ4v) is 3.25. The number of likely N-dealkylation sites (N-methyl/N-ethyl adjacent to an activating group) is 1. The van der Waals surface area contributed by atoms with Gasteiger partial charge in [0, 0.05) is 38.0 Å². The highest BCUT2D eigenvalue weighted by molar-refractivity contribution is 5.76. The van der Waals surface area contributed by atoms with E-state index in [1.165, 1.54) is 0 Å². The lowest BCUT2D eigenvalue weighted by Gasteiger charge is -2.35. The van der Waals surface area contributed by atoms with Crippen LogP contribution in [-0.2, 0) is 22.7 Å². The molecule has 1 aromatic rings. The van der Waals surface area contributed by atoms with E-state index in [1.54, 1.807) is 0 Å². The average molecular weight is 366 g/mol. The van der Waals surface area contributed by atoms with Crippen LogP contribution in [0.4, 0.5) is 0 Å². The maximum absolute atomic E-state index is 12.8. The quantitative estimate of drug-likeness (QED) is 0.800. The van der Waals surface area contributed by atoms with Crippen LogP contribution < -0.4 is 0 Å². The van der Waals surface area contributed by atoms with Gasteiger partial charge >= 0.3 is 0 Å². The number of rotatable bonds is 5. The van der Waals surface area contributed by atoms with E-state index in [-0.39, 0.29) is 24.0 Å². The minimum Gasteiger partial charge on any atom is -0.370 e. The molecule has 1 aliphatic rings. The number of carbonyl (C=O) groups excluding carboxylic acids is 1. The summed E-state index contributed by atoms with van der Waals surface area (Å²) in [6.07, 6.45) is 4.27. The van der Waals surface area contributed by atoms with E-state index in [4.69, 9.17) is 4.74 Å². The molecule has 3 unspecified atom stereocenters. The molecule has 1 amide bonds. The van der Waals surface area contributed by atoms with Crippen molar-refractivity contribution in [1.82, 2.24) is 24.8 Å². The number of aromatic nitrogens is 3. The fourth-order valence-electron chi connectivity index (χ4n) is 3.25. The first-order valence-electron chi connectivity index (χ1n) is 9.93. The van der Waals surface area contributed by atoms with Gasteiger partial charge in [0.05, 0.1) is 18.9 Å². The normalized spacial score (nSPS) is 24.1. The fraction of sp³-hybridized carbons (Fsp3) is 0.842. The molecule has 0 aliphatic carbocycles. The smallest absolute Gasteiger partial charge is 0.222 e. The molecule has 0 radical (unpaired) electrons. The van der Waals surface area contributed by atoms with Crippen molar-refractivity contribution in [2.24, 2.45) is 5.92 Å². The van der Waals surface area contributed by atoms with Gasteiger partial charge in [-0.25, -0.2) is 0 Å². The Hall–Kier alpha value is -1.47. The Bertz CT molecular complexity index is 562. The van der Waals surface area contributed by atoms with Crippen molar-refractivity contribution in [1.29, 1.82) is 0 Å². The molecule has 0 saturated carbocycles. The van der Waals surface area contributed by atoms with Crippen LogP contribution in [0.25, 0.3) is 0 Å². The Morgan fingerprint density at radius 2 is 2.19 bits per heavy atom. The summed E-state index contributed by atoms with van der Waals surface area (Å²) in [6, 6.07) is 0.247. The number of hydrogen-bond acceptors (Lipinski definition) is 5. The number of amides is 1. The number of hydrogen-bond donors (Lipinski definition) is 0. The van der Waals surface area contributed by atoms with Crippen LogP contribution in [0.15, 0.2) is 6.20 Å². The van der Waals surface area contributed by atoms with Crippen LogP contribution in [0, 0.1) is 5.92 Å². The molecule has 26 heavy (non-hydrogen) atoms. The SMILES string of the molecule is CCC(C)N1CC(C)C(CN(C)CC)OCc2cn(nn2)CCCC1=O. The molecule has 0 aromatic carbocycles. The van der Waals surface area contributed by atoms with E-state index < -0.39 is 0 Å². The predicted octanol–water partition coefficient (Wildman–Crippen LogP) is 2.17. The molecule has 148 valence electrons. The zero-order valence-electron chi connectivity index (χ0n) is 17.0. The first-order valence-corrected chi connectivity index (χ1v) is 9.93. The number of nitrogens with zero attached hydrogens (tertiary/aromatic N) is 5. The second kappa shape index (κ2) is 10.0. The summed E-state index contributed by atoms with van der Waals surface area (Å²) in [5.41, 5.74) is 0.853. The molecular formula is C19H35N5O2. The lowest BCUT2D eigenvalue weighted by atomic mass is 10.0. The molecule has 0 saturated heterocycles. The topological polar surface area (TPSA) is 63.5 Å². The molecule has 0 fully saturated rings. The summed E-state index contributed by atoms with van der Waals surface area (Å²) >= 11 is 0. The van der Waals surface area contributed by atoms with E-state index in [0.29, 0.717) is 19.6 Å². The number of carbonyl (C=O) groups is 1. The van der Waals surface area contributed by atoms with E-state index >= 15 is 0 Å². The summed E-state index contributed by atoms with van der Waals surface area (Å²) in [7, 11) is 2.10. The van der Waals surface area contributed by atoms with Gasteiger partial charge in [0.2, 0.25) is 5.91 Å². The van der Waals surface area contributed by atoms with E-state index in [2.05, 4.69) is 54.9 Å². The molecule has 7 nitrogen and oxygen atoms in total. The Kier molecular flexibility index (Phi) is 8.03. The lowest BCUT2D eigenvalue weighted by molar-refractivity contribution is -0.135. The van der Waals surface area contributed by atoms with Crippen molar-refractivity contribution >= 4 is 5.91 Å². The van der Waals surface area contributed by atoms with Crippen LogP contribution in [0.3, 0.4) is 0 Å². The minimum atomic E-state index is 0.0465. The van der Waals surface area contributed by atoms with Crippen LogP contribution in [0.2, 0.25) is 0 Å². The van der Waals surface area contributed by atoms with Gasteiger partial charge in [0.15, 0.2) is 0 Å². The van der Waals surface area contributed by atoms with E-state index in [0.717, 1.165) is 38.2 Å². The van der Waals surface area contributed by atoms with Crippen LogP contribution in [0.1, 0.15) is 52.7 Å². The highest BCUT2D eigenvalue weighted by Crippen LogP contribution is 2.18. The molecule has 2 heterocycles.